The summed E-state index contributed by atoms with van der Waals surface area (Å²) in [6, 6.07) is 0. The van der Waals surface area contributed by atoms with Crippen LogP contribution in [0.1, 0.15) is 25.7 Å². The van der Waals surface area contributed by atoms with Crippen molar-refractivity contribution >= 4 is 0 Å². The highest BCUT2D eigenvalue weighted by Crippen LogP contribution is 2.44. The van der Waals surface area contributed by atoms with Gasteiger partial charge >= 0.3 is 0 Å². The van der Waals surface area contributed by atoms with E-state index in [1.54, 1.807) is 11.6 Å². The second kappa shape index (κ2) is 1.73. The summed E-state index contributed by atoms with van der Waals surface area (Å²) in [6.45, 7) is 5.44. The summed E-state index contributed by atoms with van der Waals surface area (Å²) in [6.07, 6.45) is 7.17. The molecule has 0 aliphatic heterocycles. The molecule has 1 atom stereocenters. The van der Waals surface area contributed by atoms with E-state index < -0.39 is 0 Å². The van der Waals surface area contributed by atoms with Crippen LogP contribution in [0.5, 0.6) is 0 Å². The van der Waals surface area contributed by atoms with Crippen LogP contribution in [0.3, 0.4) is 0 Å². The average Bonchev–Trinajstić information content (AvgIpc) is 2.45. The molecule has 0 N–H and O–H groups in total. The third-order valence-electron chi connectivity index (χ3n) is 2.55. The molecule has 0 amide bonds. The first-order valence-corrected chi connectivity index (χ1v) is 3.66. The highest BCUT2D eigenvalue weighted by molar-refractivity contribution is 5.32. The van der Waals surface area contributed by atoms with Crippen LogP contribution < -0.4 is 0 Å². The highest BCUT2D eigenvalue weighted by atomic mass is 14.3. The minimum absolute atomic E-state index is 0.967. The van der Waals surface area contributed by atoms with Crippen molar-refractivity contribution < 1.29 is 0 Å². The smallest absolute Gasteiger partial charge is 0.0248 e. The molecule has 0 spiro atoms. The van der Waals surface area contributed by atoms with Crippen LogP contribution in [0, 0.1) is 12.5 Å². The van der Waals surface area contributed by atoms with Crippen molar-refractivity contribution in [1.82, 2.24) is 0 Å². The van der Waals surface area contributed by atoms with Crippen LogP contribution >= 0.6 is 0 Å². The Balaban J connectivity index is 2.32. The topological polar surface area (TPSA) is 0 Å². The lowest BCUT2D eigenvalue weighted by Crippen LogP contribution is -1.91. The van der Waals surface area contributed by atoms with Crippen molar-refractivity contribution in [3.05, 3.63) is 23.8 Å². The Morgan fingerprint density at radius 1 is 1.44 bits per heavy atom. The van der Waals surface area contributed by atoms with Crippen molar-refractivity contribution in [2.75, 3.05) is 0 Å². The molecule has 0 nitrogen and oxygen atoms in total. The van der Waals surface area contributed by atoms with Gasteiger partial charge in [-0.1, -0.05) is 18.2 Å². The summed E-state index contributed by atoms with van der Waals surface area (Å²) in [5.41, 5.74) is 3.09. The quantitative estimate of drug-likeness (QED) is 0.497. The molecule has 0 saturated heterocycles. The molecule has 9 heavy (non-hydrogen) atoms. The normalized spacial score (nSPS) is 31.8. The van der Waals surface area contributed by atoms with Gasteiger partial charge in [-0.25, -0.2) is 0 Å². The second-order valence-electron chi connectivity index (χ2n) is 3.11. The maximum absolute atomic E-state index is 5.44. The molecule has 0 heteroatoms. The van der Waals surface area contributed by atoms with Crippen molar-refractivity contribution in [2.45, 2.75) is 25.7 Å². The van der Waals surface area contributed by atoms with Crippen LogP contribution in [0.25, 0.3) is 0 Å². The first kappa shape index (κ1) is 5.28. The van der Waals surface area contributed by atoms with Gasteiger partial charge in [-0.05, 0) is 37.2 Å². The summed E-state index contributed by atoms with van der Waals surface area (Å²) in [5.74, 6) is 0.967. The van der Waals surface area contributed by atoms with E-state index >= 15 is 0 Å². The SMILES string of the molecule is [CH]=CC1=C2CCC(C1)C2. The fourth-order valence-electron chi connectivity index (χ4n) is 2.04. The largest absolute Gasteiger partial charge is 0.0667 e. The van der Waals surface area contributed by atoms with E-state index in [0.717, 1.165) is 5.92 Å². The second-order valence-corrected chi connectivity index (χ2v) is 3.11. The molecule has 1 radical (unpaired) electrons. The van der Waals surface area contributed by atoms with Crippen molar-refractivity contribution in [3.63, 3.8) is 0 Å². The molecule has 0 aromatic heterocycles. The van der Waals surface area contributed by atoms with Crippen LogP contribution in [-0.2, 0) is 0 Å². The minimum atomic E-state index is 0.967. The lowest BCUT2D eigenvalue weighted by atomic mass is 9.99. The molecule has 2 aliphatic rings. The van der Waals surface area contributed by atoms with Crippen molar-refractivity contribution in [3.8, 4) is 0 Å². The van der Waals surface area contributed by atoms with E-state index in [1.807, 2.05) is 0 Å². The van der Waals surface area contributed by atoms with E-state index in [0.29, 0.717) is 0 Å². The third-order valence-corrected chi connectivity index (χ3v) is 2.55. The number of fused-ring (bicyclic) bond motifs is 2. The maximum atomic E-state index is 5.44. The summed E-state index contributed by atoms with van der Waals surface area (Å²) >= 11 is 0. The molecular formula is C9H11. The first-order chi connectivity index (χ1) is 4.40. The number of rotatable bonds is 1. The van der Waals surface area contributed by atoms with Crippen LogP contribution in [0.4, 0.5) is 0 Å². The fraction of sp³-hybridized carbons (Fsp3) is 0.556. The Hall–Kier alpha value is -0.520. The van der Waals surface area contributed by atoms with E-state index in [-0.39, 0.29) is 0 Å². The number of hydrogen-bond donors (Lipinski definition) is 0. The predicted molar refractivity (Wildman–Crippen MR) is 37.9 cm³/mol. The molecule has 1 saturated carbocycles. The predicted octanol–water partition coefficient (Wildman–Crippen LogP) is 2.48. The van der Waals surface area contributed by atoms with Crippen LogP contribution in [0.2, 0.25) is 0 Å². The van der Waals surface area contributed by atoms with Gasteiger partial charge in [-0.2, -0.15) is 0 Å². The Bertz CT molecular complexity index is 174. The average molecular weight is 119 g/mol. The van der Waals surface area contributed by atoms with Gasteiger partial charge in [0, 0.05) is 0 Å². The van der Waals surface area contributed by atoms with Gasteiger partial charge < -0.3 is 0 Å². The van der Waals surface area contributed by atoms with Gasteiger partial charge in [0.25, 0.3) is 0 Å². The van der Waals surface area contributed by atoms with E-state index in [2.05, 4.69) is 0 Å². The van der Waals surface area contributed by atoms with Crippen molar-refractivity contribution in [1.29, 1.82) is 0 Å². The zero-order valence-corrected chi connectivity index (χ0v) is 5.56. The fourth-order valence-corrected chi connectivity index (χ4v) is 2.04. The Morgan fingerprint density at radius 2 is 2.33 bits per heavy atom. The summed E-state index contributed by atoms with van der Waals surface area (Å²) in [5, 5.41) is 0. The van der Waals surface area contributed by atoms with Gasteiger partial charge in [-0.15, -0.1) is 0 Å². The maximum Gasteiger partial charge on any atom is -0.0248 e. The molecular weight excluding hydrogens is 108 g/mol. The molecule has 1 unspecified atom stereocenters. The molecule has 1 fully saturated rings. The summed E-state index contributed by atoms with van der Waals surface area (Å²) < 4.78 is 0. The van der Waals surface area contributed by atoms with Gasteiger partial charge in [0.2, 0.25) is 0 Å². The third kappa shape index (κ3) is 0.658. The molecule has 0 aromatic carbocycles. The van der Waals surface area contributed by atoms with E-state index in [9.17, 15) is 0 Å². The Morgan fingerprint density at radius 3 is 2.67 bits per heavy atom. The Labute approximate surface area is 56.3 Å². The van der Waals surface area contributed by atoms with Crippen molar-refractivity contribution in [2.24, 2.45) is 5.92 Å². The standard InChI is InChI=1S/C9H11/c1-2-8-5-7-3-4-9(8)6-7/h1-2,7H,3-6H2. The minimum Gasteiger partial charge on any atom is -0.0667 e. The monoisotopic (exact) mass is 119 g/mol. The summed E-state index contributed by atoms with van der Waals surface area (Å²) in [4.78, 5) is 0. The zero-order chi connectivity index (χ0) is 6.27. The molecule has 0 heterocycles. The van der Waals surface area contributed by atoms with E-state index in [4.69, 9.17) is 6.58 Å². The molecule has 2 rings (SSSR count). The molecule has 0 aromatic rings. The Kier molecular flexibility index (Phi) is 1.01. The number of allylic oxidation sites excluding steroid dienone is 3. The first-order valence-electron chi connectivity index (χ1n) is 3.66. The van der Waals surface area contributed by atoms with E-state index in [1.165, 1.54) is 31.3 Å². The lowest BCUT2D eigenvalue weighted by molar-refractivity contribution is 0.568. The summed E-state index contributed by atoms with van der Waals surface area (Å²) in [7, 11) is 0. The molecule has 47 valence electrons. The van der Waals surface area contributed by atoms with Crippen LogP contribution in [0.15, 0.2) is 17.2 Å². The number of hydrogen-bond acceptors (Lipinski definition) is 0. The zero-order valence-electron chi connectivity index (χ0n) is 5.56. The van der Waals surface area contributed by atoms with Gasteiger partial charge in [0.1, 0.15) is 0 Å². The molecule has 2 bridgehead atoms. The molecule has 2 aliphatic carbocycles. The van der Waals surface area contributed by atoms with Gasteiger partial charge in [0.15, 0.2) is 0 Å². The van der Waals surface area contributed by atoms with Gasteiger partial charge in [-0.3, -0.25) is 0 Å². The lowest BCUT2D eigenvalue weighted by Gasteiger charge is -2.06. The highest BCUT2D eigenvalue weighted by Gasteiger charge is 2.28. The van der Waals surface area contributed by atoms with Gasteiger partial charge in [0.05, 0.1) is 0 Å². The van der Waals surface area contributed by atoms with Crippen LogP contribution in [-0.4, -0.2) is 0 Å².